The van der Waals surface area contributed by atoms with Crippen molar-refractivity contribution >= 4 is 26.8 Å². The Kier molecular flexibility index (Phi) is 3.90. The van der Waals surface area contributed by atoms with Crippen molar-refractivity contribution in [2.75, 3.05) is 0 Å². The van der Waals surface area contributed by atoms with E-state index in [1.165, 1.54) is 0 Å². The Morgan fingerprint density at radius 3 is 2.39 bits per heavy atom. The van der Waals surface area contributed by atoms with Crippen LogP contribution in [0.1, 0.15) is 25.0 Å². The molecule has 0 aromatic heterocycles. The van der Waals surface area contributed by atoms with Crippen LogP contribution in [0, 0.1) is 5.92 Å². The molecule has 1 atom stereocenters. The van der Waals surface area contributed by atoms with Crippen molar-refractivity contribution in [1.29, 1.82) is 0 Å². The fourth-order valence-corrected chi connectivity index (χ4v) is 4.70. The van der Waals surface area contributed by atoms with Gasteiger partial charge in [0.25, 0.3) is 0 Å². The molecule has 2 aromatic carbocycles. The van der Waals surface area contributed by atoms with Gasteiger partial charge in [-0.2, -0.15) is 4.72 Å². The number of hydrogen-bond donors (Lipinski definition) is 2. The second-order valence-corrected chi connectivity index (χ2v) is 7.93. The molecule has 0 unspecified atom stereocenters. The van der Waals surface area contributed by atoms with Crippen molar-refractivity contribution in [1.82, 2.24) is 4.72 Å². The molecule has 2 aromatic rings. The Balaban J connectivity index is 2.12. The maximum absolute atomic E-state index is 12.7. The standard InChI is InChI=1S/C17H19NO4S/c1-10(2)16(17(19)20)18-23(21,22)14-9-8-12-7-6-11-4-3-5-13(14)15(11)12/h3-5,8-10,16,18H,6-7H2,1-2H3,(H,19,20)/t16-/m1/s1. The first-order chi connectivity index (χ1) is 10.8. The van der Waals surface area contributed by atoms with Gasteiger partial charge >= 0.3 is 5.97 Å². The second kappa shape index (κ2) is 5.62. The average molecular weight is 333 g/mol. The lowest BCUT2D eigenvalue weighted by molar-refractivity contribution is -0.140. The van der Waals surface area contributed by atoms with Crippen LogP contribution in [0.3, 0.4) is 0 Å². The van der Waals surface area contributed by atoms with E-state index in [4.69, 9.17) is 0 Å². The molecular weight excluding hydrogens is 314 g/mol. The Bertz CT molecular complexity index is 877. The van der Waals surface area contributed by atoms with Crippen LogP contribution in [-0.4, -0.2) is 25.5 Å². The summed E-state index contributed by atoms with van der Waals surface area (Å²) < 4.78 is 27.8. The van der Waals surface area contributed by atoms with Gasteiger partial charge in [-0.1, -0.05) is 38.1 Å². The molecule has 23 heavy (non-hydrogen) atoms. The lowest BCUT2D eigenvalue weighted by Gasteiger charge is -2.19. The van der Waals surface area contributed by atoms with Gasteiger partial charge in [-0.3, -0.25) is 4.79 Å². The van der Waals surface area contributed by atoms with Gasteiger partial charge < -0.3 is 5.11 Å². The zero-order chi connectivity index (χ0) is 16.8. The first-order valence-corrected chi connectivity index (χ1v) is 9.08. The molecule has 6 heteroatoms. The van der Waals surface area contributed by atoms with E-state index in [-0.39, 0.29) is 10.8 Å². The van der Waals surface area contributed by atoms with E-state index in [1.807, 2.05) is 18.2 Å². The molecule has 122 valence electrons. The minimum absolute atomic E-state index is 0.145. The predicted octanol–water partition coefficient (Wildman–Crippen LogP) is 2.33. The van der Waals surface area contributed by atoms with Crippen LogP contribution < -0.4 is 4.72 Å². The van der Waals surface area contributed by atoms with Crippen LogP contribution in [0.5, 0.6) is 0 Å². The van der Waals surface area contributed by atoms with Crippen LogP contribution in [0.4, 0.5) is 0 Å². The topological polar surface area (TPSA) is 83.5 Å². The summed E-state index contributed by atoms with van der Waals surface area (Å²) in [6.45, 7) is 3.35. The molecule has 0 spiro atoms. The van der Waals surface area contributed by atoms with Gasteiger partial charge in [0, 0.05) is 5.39 Å². The predicted molar refractivity (Wildman–Crippen MR) is 87.9 cm³/mol. The third-order valence-electron chi connectivity index (χ3n) is 4.34. The van der Waals surface area contributed by atoms with Gasteiger partial charge in [0.05, 0.1) is 4.90 Å². The highest BCUT2D eigenvalue weighted by Gasteiger charge is 2.30. The largest absolute Gasteiger partial charge is 0.480 e. The van der Waals surface area contributed by atoms with Crippen molar-refractivity contribution in [3.05, 3.63) is 41.5 Å². The molecule has 0 amide bonds. The molecule has 1 aliphatic carbocycles. The number of carbonyl (C=O) groups is 1. The second-order valence-electron chi connectivity index (χ2n) is 6.24. The molecule has 1 aliphatic rings. The number of hydrogen-bond acceptors (Lipinski definition) is 3. The molecule has 2 N–H and O–H groups in total. The summed E-state index contributed by atoms with van der Waals surface area (Å²) in [7, 11) is -3.91. The number of aryl methyl sites for hydroxylation is 2. The lowest BCUT2D eigenvalue weighted by Crippen LogP contribution is -2.44. The monoisotopic (exact) mass is 333 g/mol. The summed E-state index contributed by atoms with van der Waals surface area (Å²) in [5.74, 6) is -1.52. The van der Waals surface area contributed by atoms with Gasteiger partial charge in [0.1, 0.15) is 6.04 Å². The van der Waals surface area contributed by atoms with Crippen molar-refractivity contribution in [3.8, 4) is 0 Å². The third kappa shape index (κ3) is 2.72. The van der Waals surface area contributed by atoms with E-state index in [9.17, 15) is 18.3 Å². The van der Waals surface area contributed by atoms with Crippen LogP contribution in [0.15, 0.2) is 35.2 Å². The molecule has 0 saturated carbocycles. The van der Waals surface area contributed by atoms with Crippen LogP contribution in [0.2, 0.25) is 0 Å². The zero-order valence-electron chi connectivity index (χ0n) is 13.0. The number of carboxylic acids is 1. The molecule has 0 fully saturated rings. The Morgan fingerprint density at radius 1 is 1.13 bits per heavy atom. The van der Waals surface area contributed by atoms with Crippen molar-refractivity contribution in [3.63, 3.8) is 0 Å². The maximum Gasteiger partial charge on any atom is 0.322 e. The highest BCUT2D eigenvalue weighted by atomic mass is 32.2. The molecule has 5 nitrogen and oxygen atoms in total. The van der Waals surface area contributed by atoms with Gasteiger partial charge in [-0.25, -0.2) is 8.42 Å². The van der Waals surface area contributed by atoms with Gasteiger partial charge in [-0.05, 0) is 41.3 Å². The molecule has 3 rings (SSSR count). The molecular formula is C17H19NO4S. The summed E-state index contributed by atoms with van der Waals surface area (Å²) in [5.41, 5.74) is 2.29. The molecule has 0 radical (unpaired) electrons. The van der Waals surface area contributed by atoms with Crippen LogP contribution >= 0.6 is 0 Å². The summed E-state index contributed by atoms with van der Waals surface area (Å²) in [5, 5.41) is 10.9. The van der Waals surface area contributed by atoms with Crippen molar-refractivity contribution in [2.45, 2.75) is 37.6 Å². The van der Waals surface area contributed by atoms with E-state index in [1.54, 1.807) is 26.0 Å². The first kappa shape index (κ1) is 16.0. The summed E-state index contributed by atoms with van der Waals surface area (Å²) in [6, 6.07) is 7.91. The molecule has 0 bridgehead atoms. The quantitative estimate of drug-likeness (QED) is 0.879. The van der Waals surface area contributed by atoms with Crippen molar-refractivity contribution in [2.24, 2.45) is 5.92 Å². The SMILES string of the molecule is CC(C)[C@@H](NS(=O)(=O)c1ccc2c3c(cccc13)CC2)C(=O)O. The van der Waals surface area contributed by atoms with E-state index < -0.39 is 22.0 Å². The molecule has 0 heterocycles. The number of benzene rings is 2. The fourth-order valence-electron chi connectivity index (χ4n) is 3.16. The number of aliphatic carboxylic acids is 1. The maximum atomic E-state index is 12.7. The molecule has 0 aliphatic heterocycles. The number of rotatable bonds is 5. The lowest BCUT2D eigenvalue weighted by atomic mass is 10.1. The zero-order valence-corrected chi connectivity index (χ0v) is 13.9. The Labute approximate surface area is 135 Å². The minimum Gasteiger partial charge on any atom is -0.480 e. The van der Waals surface area contributed by atoms with Crippen molar-refractivity contribution < 1.29 is 18.3 Å². The summed E-state index contributed by atoms with van der Waals surface area (Å²) >= 11 is 0. The Hall–Kier alpha value is -1.92. The first-order valence-electron chi connectivity index (χ1n) is 7.60. The average Bonchev–Trinajstić information content (AvgIpc) is 2.90. The third-order valence-corrected chi connectivity index (χ3v) is 5.84. The molecule has 0 saturated heterocycles. The van der Waals surface area contributed by atoms with Gasteiger partial charge in [0.15, 0.2) is 0 Å². The van der Waals surface area contributed by atoms with Crippen LogP contribution in [-0.2, 0) is 27.7 Å². The number of carboxylic acid groups (broad SMARTS) is 1. The number of sulfonamides is 1. The summed E-state index contributed by atoms with van der Waals surface area (Å²) in [6.07, 6.45) is 1.82. The van der Waals surface area contributed by atoms with Gasteiger partial charge in [0.2, 0.25) is 10.0 Å². The highest BCUT2D eigenvalue weighted by Crippen LogP contribution is 2.34. The Morgan fingerprint density at radius 2 is 1.78 bits per heavy atom. The minimum atomic E-state index is -3.91. The van der Waals surface area contributed by atoms with Crippen LogP contribution in [0.25, 0.3) is 10.8 Å². The van der Waals surface area contributed by atoms with E-state index in [2.05, 4.69) is 4.72 Å². The van der Waals surface area contributed by atoms with E-state index in [0.29, 0.717) is 5.39 Å². The summed E-state index contributed by atoms with van der Waals surface area (Å²) in [4.78, 5) is 11.5. The van der Waals surface area contributed by atoms with Gasteiger partial charge in [-0.15, -0.1) is 0 Å². The normalized spacial score (nSPS) is 15.3. The highest BCUT2D eigenvalue weighted by molar-refractivity contribution is 7.89. The number of nitrogens with one attached hydrogen (secondary N) is 1. The van der Waals surface area contributed by atoms with E-state index >= 15 is 0 Å². The fraction of sp³-hybridized carbons (Fsp3) is 0.353. The smallest absolute Gasteiger partial charge is 0.322 e. The van der Waals surface area contributed by atoms with E-state index in [0.717, 1.165) is 29.4 Å².